The minimum Gasteiger partial charge on any atom is -0.394 e. The van der Waals surface area contributed by atoms with E-state index in [1.165, 1.54) is 22.3 Å². The SMILES string of the molecule is CCc1ccc(C2OC3COC(c4ccc(CC)c(CC)c4)OC3C(C(O)CO)O2)cc1CC. The topological polar surface area (TPSA) is 77.4 Å². The van der Waals surface area contributed by atoms with E-state index in [0.717, 1.165) is 36.8 Å². The van der Waals surface area contributed by atoms with Crippen molar-refractivity contribution in [3.63, 3.8) is 0 Å². The Kier molecular flexibility index (Phi) is 8.40. The number of aliphatic hydroxyl groups is 2. The Labute approximate surface area is 202 Å². The molecule has 2 fully saturated rings. The molecule has 2 aliphatic rings. The van der Waals surface area contributed by atoms with Crippen LogP contribution >= 0.6 is 0 Å². The van der Waals surface area contributed by atoms with Crippen molar-refractivity contribution in [3.05, 3.63) is 69.8 Å². The Morgan fingerprint density at radius 1 is 0.765 bits per heavy atom. The van der Waals surface area contributed by atoms with Crippen molar-refractivity contribution in [3.8, 4) is 0 Å². The van der Waals surface area contributed by atoms with Gasteiger partial charge in [-0.2, -0.15) is 0 Å². The summed E-state index contributed by atoms with van der Waals surface area (Å²) < 4.78 is 24.9. The number of hydrogen-bond donors (Lipinski definition) is 2. The van der Waals surface area contributed by atoms with Gasteiger partial charge < -0.3 is 29.2 Å². The largest absolute Gasteiger partial charge is 0.394 e. The van der Waals surface area contributed by atoms with E-state index in [1.807, 2.05) is 12.1 Å². The van der Waals surface area contributed by atoms with Crippen LogP contribution in [0.4, 0.5) is 0 Å². The highest BCUT2D eigenvalue weighted by molar-refractivity contribution is 5.34. The maximum Gasteiger partial charge on any atom is 0.184 e. The van der Waals surface area contributed by atoms with E-state index in [4.69, 9.17) is 18.9 Å². The molecule has 0 saturated carbocycles. The van der Waals surface area contributed by atoms with Gasteiger partial charge in [-0.1, -0.05) is 64.1 Å². The number of benzene rings is 2. The zero-order chi connectivity index (χ0) is 24.2. The monoisotopic (exact) mass is 470 g/mol. The minimum absolute atomic E-state index is 0.314. The summed E-state index contributed by atoms with van der Waals surface area (Å²) in [5, 5.41) is 20.4. The molecule has 4 rings (SSSR count). The molecule has 6 heteroatoms. The summed E-state index contributed by atoms with van der Waals surface area (Å²) >= 11 is 0. The highest BCUT2D eigenvalue weighted by Gasteiger charge is 2.48. The smallest absolute Gasteiger partial charge is 0.184 e. The third kappa shape index (κ3) is 5.08. The van der Waals surface area contributed by atoms with Crippen LogP contribution in [-0.4, -0.2) is 47.8 Å². The molecule has 2 saturated heterocycles. The van der Waals surface area contributed by atoms with Crippen LogP contribution in [0.25, 0.3) is 0 Å². The fourth-order valence-corrected chi connectivity index (χ4v) is 5.04. The van der Waals surface area contributed by atoms with Gasteiger partial charge in [0, 0.05) is 11.1 Å². The third-order valence-corrected chi connectivity index (χ3v) is 7.06. The molecule has 0 amide bonds. The van der Waals surface area contributed by atoms with Gasteiger partial charge in [0.2, 0.25) is 0 Å². The molecule has 34 heavy (non-hydrogen) atoms. The predicted molar refractivity (Wildman–Crippen MR) is 130 cm³/mol. The Hall–Kier alpha value is -1.80. The van der Waals surface area contributed by atoms with Crippen LogP contribution in [0.1, 0.15) is 73.7 Å². The number of aryl methyl sites for hydroxylation is 4. The van der Waals surface area contributed by atoms with Crippen molar-refractivity contribution >= 4 is 0 Å². The summed E-state index contributed by atoms with van der Waals surface area (Å²) in [6.07, 6.45) is -0.250. The van der Waals surface area contributed by atoms with E-state index in [9.17, 15) is 10.2 Å². The van der Waals surface area contributed by atoms with Crippen molar-refractivity contribution < 1.29 is 29.2 Å². The van der Waals surface area contributed by atoms with Gasteiger partial charge >= 0.3 is 0 Å². The van der Waals surface area contributed by atoms with Gasteiger partial charge in [-0.3, -0.25) is 0 Å². The van der Waals surface area contributed by atoms with Crippen LogP contribution in [0, 0.1) is 0 Å². The first-order chi connectivity index (χ1) is 16.5. The standard InChI is InChI=1S/C28H38O6/c1-5-17-9-11-21(13-19(17)7-3)27-31-16-24-26(34-27)25(23(30)15-29)33-28(32-24)22-12-10-18(6-2)20(8-4)14-22/h9-14,23-30H,5-8,15-16H2,1-4H3. The average Bonchev–Trinajstić information content (AvgIpc) is 2.90. The van der Waals surface area contributed by atoms with E-state index in [2.05, 4.69) is 52.0 Å². The summed E-state index contributed by atoms with van der Waals surface area (Å²) in [7, 11) is 0. The molecule has 6 atom stereocenters. The lowest BCUT2D eigenvalue weighted by atomic mass is 9.97. The first kappa shape index (κ1) is 25.3. The fourth-order valence-electron chi connectivity index (χ4n) is 5.04. The van der Waals surface area contributed by atoms with Crippen LogP contribution in [0.3, 0.4) is 0 Å². The molecule has 6 unspecified atom stereocenters. The zero-order valence-corrected chi connectivity index (χ0v) is 20.7. The molecule has 2 aromatic rings. The number of fused-ring (bicyclic) bond motifs is 1. The average molecular weight is 471 g/mol. The van der Waals surface area contributed by atoms with E-state index < -0.39 is 43.6 Å². The van der Waals surface area contributed by atoms with Gasteiger partial charge in [-0.15, -0.1) is 0 Å². The van der Waals surface area contributed by atoms with Gasteiger partial charge in [0.05, 0.1) is 13.2 Å². The molecule has 2 heterocycles. The van der Waals surface area contributed by atoms with Gasteiger partial charge in [0.25, 0.3) is 0 Å². The summed E-state index contributed by atoms with van der Waals surface area (Å²) in [4.78, 5) is 0. The van der Waals surface area contributed by atoms with Crippen molar-refractivity contribution in [2.75, 3.05) is 13.2 Å². The first-order valence-electron chi connectivity index (χ1n) is 12.6. The predicted octanol–water partition coefficient (Wildman–Crippen LogP) is 4.19. The molecule has 0 radical (unpaired) electrons. The third-order valence-electron chi connectivity index (χ3n) is 7.06. The normalized spacial score (nSPS) is 27.9. The Morgan fingerprint density at radius 2 is 1.32 bits per heavy atom. The molecule has 2 N–H and O–H groups in total. The summed E-state index contributed by atoms with van der Waals surface area (Å²) in [5.74, 6) is 0. The van der Waals surface area contributed by atoms with Gasteiger partial charge in [0.1, 0.15) is 24.4 Å². The van der Waals surface area contributed by atoms with Gasteiger partial charge in [-0.05, 0) is 47.9 Å². The second kappa shape index (κ2) is 11.3. The molecule has 2 aliphatic heterocycles. The van der Waals surface area contributed by atoms with Gasteiger partial charge in [0.15, 0.2) is 12.6 Å². The van der Waals surface area contributed by atoms with Crippen molar-refractivity contribution in [1.29, 1.82) is 0 Å². The van der Waals surface area contributed by atoms with E-state index >= 15 is 0 Å². The molecule has 186 valence electrons. The summed E-state index contributed by atoms with van der Waals surface area (Å²) in [5.41, 5.74) is 7.00. The first-order valence-corrected chi connectivity index (χ1v) is 12.6. The second-order valence-electron chi connectivity index (χ2n) is 9.09. The fraction of sp³-hybridized carbons (Fsp3) is 0.571. The van der Waals surface area contributed by atoms with E-state index in [-0.39, 0.29) is 0 Å². The highest BCUT2D eigenvalue weighted by atomic mass is 16.8. The lowest BCUT2D eigenvalue weighted by Crippen LogP contribution is -2.58. The minimum atomic E-state index is -1.09. The zero-order valence-electron chi connectivity index (χ0n) is 20.7. The van der Waals surface area contributed by atoms with Crippen LogP contribution in [0.5, 0.6) is 0 Å². The number of ether oxygens (including phenoxy) is 4. The number of aliphatic hydroxyl groups excluding tert-OH is 2. The Bertz CT molecular complexity index is 958. The van der Waals surface area contributed by atoms with Crippen LogP contribution in [0.15, 0.2) is 36.4 Å². The summed E-state index contributed by atoms with van der Waals surface area (Å²) in [6.45, 7) is 8.47. The van der Waals surface area contributed by atoms with Gasteiger partial charge in [-0.25, -0.2) is 0 Å². The summed E-state index contributed by atoms with van der Waals surface area (Å²) in [6, 6.07) is 12.5. The van der Waals surface area contributed by atoms with Crippen LogP contribution in [0.2, 0.25) is 0 Å². The second-order valence-corrected chi connectivity index (χ2v) is 9.09. The molecule has 6 nitrogen and oxygen atoms in total. The Balaban J connectivity index is 1.57. The molecular formula is C28H38O6. The highest BCUT2D eigenvalue weighted by Crippen LogP contribution is 2.39. The lowest BCUT2D eigenvalue weighted by Gasteiger charge is -2.47. The maximum atomic E-state index is 10.6. The quantitative estimate of drug-likeness (QED) is 0.603. The van der Waals surface area contributed by atoms with Crippen LogP contribution in [-0.2, 0) is 44.6 Å². The molecule has 2 aromatic carbocycles. The van der Waals surface area contributed by atoms with E-state index in [0.29, 0.717) is 6.61 Å². The number of rotatable bonds is 8. The van der Waals surface area contributed by atoms with Crippen molar-refractivity contribution in [2.24, 2.45) is 0 Å². The van der Waals surface area contributed by atoms with E-state index in [1.54, 1.807) is 0 Å². The lowest BCUT2D eigenvalue weighted by molar-refractivity contribution is -0.373. The molecular weight excluding hydrogens is 432 g/mol. The van der Waals surface area contributed by atoms with Crippen molar-refractivity contribution in [2.45, 2.75) is 90.4 Å². The van der Waals surface area contributed by atoms with Crippen molar-refractivity contribution in [1.82, 2.24) is 0 Å². The van der Waals surface area contributed by atoms with Crippen LogP contribution < -0.4 is 0 Å². The molecule has 0 spiro atoms. The Morgan fingerprint density at radius 3 is 1.85 bits per heavy atom. The molecule has 0 bridgehead atoms. The number of hydrogen-bond acceptors (Lipinski definition) is 6. The maximum absolute atomic E-state index is 10.6. The molecule has 0 aromatic heterocycles. The molecule has 0 aliphatic carbocycles.